The molecule has 1 amide bonds. The first kappa shape index (κ1) is 11.4. The molecule has 0 fully saturated rings. The molecule has 0 aromatic heterocycles. The van der Waals surface area contributed by atoms with Gasteiger partial charge in [0.1, 0.15) is 5.75 Å². The molecule has 0 saturated carbocycles. The molecule has 1 aromatic rings. The monoisotopic (exact) mass is 209 g/mol. The second kappa shape index (κ2) is 5.24. The van der Waals surface area contributed by atoms with Gasteiger partial charge in [-0.05, 0) is 37.6 Å². The Labute approximate surface area is 89.2 Å². The normalized spacial score (nSPS) is 9.53. The number of hydrogen-bond acceptors (Lipinski definition) is 3. The van der Waals surface area contributed by atoms with Gasteiger partial charge in [0, 0.05) is 5.69 Å². The number of benzene rings is 1. The number of methoxy groups -OCH3 is 1. The molecule has 0 saturated heterocycles. The Balaban J connectivity index is 2.71. The fourth-order valence-electron chi connectivity index (χ4n) is 1.24. The summed E-state index contributed by atoms with van der Waals surface area (Å²) >= 11 is 0. The summed E-state index contributed by atoms with van der Waals surface area (Å²) in [5.74, 6) is 0.796. The standard InChI is InChI=1S/C11H15NO3/c1-4-15-11(13)12-9-5-6-10(14-3)8(2)7-9/h5-7H,4H2,1-3H3,(H,12,13). The number of rotatable bonds is 3. The van der Waals surface area contributed by atoms with Crippen LogP contribution in [0, 0.1) is 6.92 Å². The van der Waals surface area contributed by atoms with Crippen molar-refractivity contribution in [1.29, 1.82) is 0 Å². The van der Waals surface area contributed by atoms with Crippen LogP contribution in [0.15, 0.2) is 18.2 Å². The van der Waals surface area contributed by atoms with Crippen molar-refractivity contribution >= 4 is 11.8 Å². The van der Waals surface area contributed by atoms with E-state index in [2.05, 4.69) is 5.32 Å². The number of aryl methyl sites for hydroxylation is 1. The third-order valence-corrected chi connectivity index (χ3v) is 1.92. The van der Waals surface area contributed by atoms with Gasteiger partial charge in [0.05, 0.1) is 13.7 Å². The molecule has 15 heavy (non-hydrogen) atoms. The van der Waals surface area contributed by atoms with Crippen LogP contribution in [0.3, 0.4) is 0 Å². The summed E-state index contributed by atoms with van der Waals surface area (Å²) in [5, 5.41) is 2.62. The highest BCUT2D eigenvalue weighted by atomic mass is 16.5. The summed E-state index contributed by atoms with van der Waals surface area (Å²) in [6.45, 7) is 4.04. The highest BCUT2D eigenvalue weighted by molar-refractivity contribution is 5.84. The maximum Gasteiger partial charge on any atom is 0.411 e. The third-order valence-electron chi connectivity index (χ3n) is 1.92. The Hall–Kier alpha value is -1.71. The number of amides is 1. The van der Waals surface area contributed by atoms with Gasteiger partial charge in [-0.3, -0.25) is 5.32 Å². The van der Waals surface area contributed by atoms with Crippen LogP contribution in [-0.2, 0) is 4.74 Å². The van der Waals surface area contributed by atoms with Crippen molar-refractivity contribution in [2.24, 2.45) is 0 Å². The van der Waals surface area contributed by atoms with Gasteiger partial charge < -0.3 is 9.47 Å². The Morgan fingerprint density at radius 3 is 2.73 bits per heavy atom. The molecule has 1 aromatic carbocycles. The SMILES string of the molecule is CCOC(=O)Nc1ccc(OC)c(C)c1. The summed E-state index contributed by atoms with van der Waals surface area (Å²) in [6, 6.07) is 5.40. The van der Waals surface area contributed by atoms with Crippen LogP contribution in [0.1, 0.15) is 12.5 Å². The molecule has 0 atom stereocenters. The first-order valence-electron chi connectivity index (χ1n) is 4.75. The molecular weight excluding hydrogens is 194 g/mol. The first-order valence-corrected chi connectivity index (χ1v) is 4.75. The minimum atomic E-state index is -0.443. The van der Waals surface area contributed by atoms with Crippen molar-refractivity contribution in [3.8, 4) is 5.75 Å². The number of nitrogens with one attached hydrogen (secondary N) is 1. The van der Waals surface area contributed by atoms with Gasteiger partial charge in [-0.25, -0.2) is 4.79 Å². The lowest BCUT2D eigenvalue weighted by Gasteiger charge is -2.08. The molecule has 0 heterocycles. The van der Waals surface area contributed by atoms with Gasteiger partial charge in [0.2, 0.25) is 0 Å². The fraction of sp³-hybridized carbons (Fsp3) is 0.364. The van der Waals surface area contributed by atoms with Crippen LogP contribution < -0.4 is 10.1 Å². The van der Waals surface area contributed by atoms with Crippen molar-refractivity contribution in [2.75, 3.05) is 19.0 Å². The molecule has 0 radical (unpaired) electrons. The Morgan fingerprint density at radius 1 is 1.47 bits per heavy atom. The Bertz CT molecular complexity index is 350. The zero-order valence-electron chi connectivity index (χ0n) is 9.16. The number of carbonyl (C=O) groups excluding carboxylic acids is 1. The summed E-state index contributed by atoms with van der Waals surface area (Å²) in [5.41, 5.74) is 1.67. The minimum absolute atomic E-state index is 0.362. The highest BCUT2D eigenvalue weighted by Crippen LogP contribution is 2.21. The minimum Gasteiger partial charge on any atom is -0.496 e. The van der Waals surface area contributed by atoms with Gasteiger partial charge in [0.15, 0.2) is 0 Å². The molecule has 0 aliphatic rings. The van der Waals surface area contributed by atoms with E-state index in [-0.39, 0.29) is 0 Å². The molecular formula is C11H15NO3. The molecule has 82 valence electrons. The smallest absolute Gasteiger partial charge is 0.411 e. The lowest BCUT2D eigenvalue weighted by Crippen LogP contribution is -2.13. The summed E-state index contributed by atoms with van der Waals surface area (Å²) in [4.78, 5) is 11.1. The maximum atomic E-state index is 11.1. The quantitative estimate of drug-likeness (QED) is 0.832. The molecule has 4 nitrogen and oxygen atoms in total. The molecule has 0 aliphatic carbocycles. The highest BCUT2D eigenvalue weighted by Gasteiger charge is 2.03. The van der Waals surface area contributed by atoms with Gasteiger partial charge in [-0.2, -0.15) is 0 Å². The number of carbonyl (C=O) groups is 1. The zero-order chi connectivity index (χ0) is 11.3. The van der Waals surface area contributed by atoms with Crippen LogP contribution >= 0.6 is 0 Å². The van der Waals surface area contributed by atoms with Crippen LogP contribution in [0.4, 0.5) is 10.5 Å². The van der Waals surface area contributed by atoms with E-state index >= 15 is 0 Å². The summed E-state index contributed by atoms with van der Waals surface area (Å²) in [7, 11) is 1.61. The maximum absolute atomic E-state index is 11.1. The largest absolute Gasteiger partial charge is 0.496 e. The van der Waals surface area contributed by atoms with Crippen molar-refractivity contribution in [1.82, 2.24) is 0 Å². The van der Waals surface area contributed by atoms with Gasteiger partial charge in [-0.15, -0.1) is 0 Å². The predicted octanol–water partition coefficient (Wildman–Crippen LogP) is 2.57. The second-order valence-electron chi connectivity index (χ2n) is 3.03. The predicted molar refractivity (Wildman–Crippen MR) is 58.4 cm³/mol. The van der Waals surface area contributed by atoms with Gasteiger partial charge in [0.25, 0.3) is 0 Å². The van der Waals surface area contributed by atoms with Crippen LogP contribution in [-0.4, -0.2) is 19.8 Å². The van der Waals surface area contributed by atoms with E-state index < -0.39 is 6.09 Å². The van der Waals surface area contributed by atoms with E-state index in [1.54, 1.807) is 26.2 Å². The van der Waals surface area contributed by atoms with Crippen LogP contribution in [0.25, 0.3) is 0 Å². The molecule has 0 bridgehead atoms. The first-order chi connectivity index (χ1) is 7.17. The average Bonchev–Trinajstić information content (AvgIpc) is 2.18. The molecule has 0 spiro atoms. The third kappa shape index (κ3) is 3.16. The lowest BCUT2D eigenvalue weighted by atomic mass is 10.2. The van der Waals surface area contributed by atoms with Crippen LogP contribution in [0.5, 0.6) is 5.75 Å². The summed E-state index contributed by atoms with van der Waals surface area (Å²) in [6.07, 6.45) is -0.443. The molecule has 0 unspecified atom stereocenters. The lowest BCUT2D eigenvalue weighted by molar-refractivity contribution is 0.168. The van der Waals surface area contributed by atoms with E-state index in [1.807, 2.05) is 13.0 Å². The topological polar surface area (TPSA) is 47.6 Å². The van der Waals surface area contributed by atoms with Crippen molar-refractivity contribution in [3.63, 3.8) is 0 Å². The van der Waals surface area contributed by atoms with E-state index in [4.69, 9.17) is 9.47 Å². The number of hydrogen-bond donors (Lipinski definition) is 1. The van der Waals surface area contributed by atoms with Gasteiger partial charge in [-0.1, -0.05) is 0 Å². The Kier molecular flexibility index (Phi) is 3.97. The molecule has 1 rings (SSSR count). The summed E-state index contributed by atoms with van der Waals surface area (Å²) < 4.78 is 9.87. The van der Waals surface area contributed by atoms with Crippen molar-refractivity contribution < 1.29 is 14.3 Å². The van der Waals surface area contributed by atoms with Crippen molar-refractivity contribution in [2.45, 2.75) is 13.8 Å². The molecule has 4 heteroatoms. The van der Waals surface area contributed by atoms with Crippen LogP contribution in [0.2, 0.25) is 0 Å². The number of anilines is 1. The average molecular weight is 209 g/mol. The second-order valence-corrected chi connectivity index (χ2v) is 3.03. The Morgan fingerprint density at radius 2 is 2.20 bits per heavy atom. The molecule has 0 aliphatic heterocycles. The van der Waals surface area contributed by atoms with E-state index in [9.17, 15) is 4.79 Å². The molecule has 1 N–H and O–H groups in total. The van der Waals surface area contributed by atoms with Crippen molar-refractivity contribution in [3.05, 3.63) is 23.8 Å². The van der Waals surface area contributed by atoms with E-state index in [1.165, 1.54) is 0 Å². The zero-order valence-corrected chi connectivity index (χ0v) is 9.16. The van der Waals surface area contributed by atoms with Gasteiger partial charge >= 0.3 is 6.09 Å². The number of ether oxygens (including phenoxy) is 2. The fourth-order valence-corrected chi connectivity index (χ4v) is 1.24. The van der Waals surface area contributed by atoms with E-state index in [0.29, 0.717) is 12.3 Å². The van der Waals surface area contributed by atoms with E-state index in [0.717, 1.165) is 11.3 Å².